The zero-order valence-corrected chi connectivity index (χ0v) is 13.9. The normalized spacial score (nSPS) is 22.2. The summed E-state index contributed by atoms with van der Waals surface area (Å²) in [6.45, 7) is 1.79. The van der Waals surface area contributed by atoms with E-state index in [4.69, 9.17) is 5.73 Å². The van der Waals surface area contributed by atoms with Gasteiger partial charge in [-0.25, -0.2) is 21.9 Å². The van der Waals surface area contributed by atoms with Crippen LogP contribution in [0.1, 0.15) is 31.2 Å². The highest BCUT2D eigenvalue weighted by molar-refractivity contribution is 7.89. The fraction of sp³-hybridized carbons (Fsp3) is 0.571. The number of benzene rings is 1. The van der Waals surface area contributed by atoms with E-state index < -0.39 is 26.6 Å². The van der Waals surface area contributed by atoms with Crippen LogP contribution in [0.4, 0.5) is 8.78 Å². The van der Waals surface area contributed by atoms with Crippen LogP contribution >= 0.6 is 12.4 Å². The molecule has 22 heavy (non-hydrogen) atoms. The van der Waals surface area contributed by atoms with E-state index >= 15 is 0 Å². The average molecular weight is 355 g/mol. The molecule has 2 unspecified atom stereocenters. The van der Waals surface area contributed by atoms with Crippen molar-refractivity contribution in [2.45, 2.75) is 43.5 Å². The van der Waals surface area contributed by atoms with Gasteiger partial charge in [0, 0.05) is 12.1 Å². The largest absolute Gasteiger partial charge is 0.330 e. The molecule has 2 atom stereocenters. The van der Waals surface area contributed by atoms with Crippen molar-refractivity contribution in [3.63, 3.8) is 0 Å². The van der Waals surface area contributed by atoms with Gasteiger partial charge < -0.3 is 5.73 Å². The van der Waals surface area contributed by atoms with E-state index in [-0.39, 0.29) is 29.9 Å². The predicted molar refractivity (Wildman–Crippen MR) is 83.5 cm³/mol. The number of hydrogen-bond donors (Lipinski definition) is 2. The fourth-order valence-corrected chi connectivity index (χ4v) is 4.23. The van der Waals surface area contributed by atoms with Crippen LogP contribution in [0.25, 0.3) is 0 Å². The summed E-state index contributed by atoms with van der Waals surface area (Å²) in [7, 11) is -4.02. The van der Waals surface area contributed by atoms with Crippen molar-refractivity contribution in [2.75, 3.05) is 6.54 Å². The Morgan fingerprint density at radius 3 is 2.50 bits per heavy atom. The van der Waals surface area contributed by atoms with Gasteiger partial charge in [0.25, 0.3) is 0 Å². The molecule has 0 saturated heterocycles. The van der Waals surface area contributed by atoms with Crippen LogP contribution in [0.15, 0.2) is 17.0 Å². The summed E-state index contributed by atoms with van der Waals surface area (Å²) < 4.78 is 54.2. The Labute approximate surface area is 135 Å². The summed E-state index contributed by atoms with van der Waals surface area (Å²) in [6.07, 6.45) is 3.47. The van der Waals surface area contributed by atoms with E-state index in [0.717, 1.165) is 25.3 Å². The minimum absolute atomic E-state index is 0. The Bertz CT molecular complexity index is 626. The van der Waals surface area contributed by atoms with Crippen LogP contribution in [0.3, 0.4) is 0 Å². The molecule has 1 aliphatic carbocycles. The quantitative estimate of drug-likeness (QED) is 0.872. The molecule has 0 amide bonds. The van der Waals surface area contributed by atoms with Gasteiger partial charge in [0.05, 0.1) is 0 Å². The SMILES string of the molecule is Cc1cc(S(=O)(=O)NC2CCCCC2CN)c(F)cc1F.Cl. The van der Waals surface area contributed by atoms with Gasteiger partial charge in [-0.05, 0) is 43.9 Å². The Morgan fingerprint density at radius 2 is 1.86 bits per heavy atom. The first kappa shape index (κ1) is 19.3. The van der Waals surface area contributed by atoms with E-state index in [1.165, 1.54) is 6.92 Å². The van der Waals surface area contributed by atoms with Crippen LogP contribution < -0.4 is 10.5 Å². The van der Waals surface area contributed by atoms with Gasteiger partial charge in [0.2, 0.25) is 10.0 Å². The molecule has 3 N–H and O–H groups in total. The van der Waals surface area contributed by atoms with Gasteiger partial charge in [-0.3, -0.25) is 0 Å². The third-order valence-electron chi connectivity index (χ3n) is 4.02. The van der Waals surface area contributed by atoms with Crippen molar-refractivity contribution >= 4 is 22.4 Å². The summed E-state index contributed by atoms with van der Waals surface area (Å²) in [4.78, 5) is -0.511. The first-order valence-corrected chi connectivity index (χ1v) is 8.51. The maximum Gasteiger partial charge on any atom is 0.243 e. The lowest BCUT2D eigenvalue weighted by Crippen LogP contribution is -2.44. The predicted octanol–water partition coefficient (Wildman–Crippen LogP) is 2.49. The minimum Gasteiger partial charge on any atom is -0.330 e. The second-order valence-electron chi connectivity index (χ2n) is 5.54. The lowest BCUT2D eigenvalue weighted by atomic mass is 9.85. The maximum atomic E-state index is 13.8. The highest BCUT2D eigenvalue weighted by atomic mass is 35.5. The van der Waals surface area contributed by atoms with Crippen molar-refractivity contribution in [3.05, 3.63) is 29.3 Å². The molecule has 0 radical (unpaired) electrons. The molecular formula is C14H21ClF2N2O2S. The number of rotatable bonds is 4. The minimum atomic E-state index is -4.02. The molecule has 2 rings (SSSR count). The Balaban J connectivity index is 0.00000242. The molecular weight excluding hydrogens is 334 g/mol. The Kier molecular flexibility index (Phi) is 6.73. The monoisotopic (exact) mass is 354 g/mol. The van der Waals surface area contributed by atoms with Gasteiger partial charge in [-0.15, -0.1) is 12.4 Å². The topological polar surface area (TPSA) is 72.2 Å². The standard InChI is InChI=1S/C14H20F2N2O2S.ClH/c1-9-6-14(12(16)7-11(9)15)21(19,20)18-13-5-3-2-4-10(13)8-17;/h6-7,10,13,18H,2-5,8,17H2,1H3;1H. The van der Waals surface area contributed by atoms with Gasteiger partial charge in [0.15, 0.2) is 0 Å². The Morgan fingerprint density at radius 1 is 1.23 bits per heavy atom. The van der Waals surface area contributed by atoms with Crippen molar-refractivity contribution in [3.8, 4) is 0 Å². The van der Waals surface area contributed by atoms with Crippen molar-refractivity contribution in [2.24, 2.45) is 11.7 Å². The zero-order chi connectivity index (χ0) is 15.6. The number of aryl methyl sites for hydroxylation is 1. The van der Waals surface area contributed by atoms with E-state index in [2.05, 4.69) is 4.72 Å². The molecule has 1 aliphatic rings. The fourth-order valence-electron chi connectivity index (χ4n) is 2.74. The van der Waals surface area contributed by atoms with Crippen molar-refractivity contribution in [1.29, 1.82) is 0 Å². The van der Waals surface area contributed by atoms with Crippen molar-refractivity contribution in [1.82, 2.24) is 4.72 Å². The first-order valence-electron chi connectivity index (χ1n) is 7.03. The van der Waals surface area contributed by atoms with E-state index in [0.29, 0.717) is 19.0 Å². The summed E-state index contributed by atoms with van der Waals surface area (Å²) >= 11 is 0. The average Bonchev–Trinajstić information content (AvgIpc) is 2.43. The molecule has 0 aliphatic heterocycles. The van der Waals surface area contributed by atoms with Gasteiger partial charge in [0.1, 0.15) is 16.5 Å². The third kappa shape index (κ3) is 4.16. The molecule has 1 fully saturated rings. The van der Waals surface area contributed by atoms with Crippen LogP contribution in [0.2, 0.25) is 0 Å². The lowest BCUT2D eigenvalue weighted by molar-refractivity contribution is 0.296. The highest BCUT2D eigenvalue weighted by Gasteiger charge is 2.30. The third-order valence-corrected chi connectivity index (χ3v) is 5.53. The highest BCUT2D eigenvalue weighted by Crippen LogP contribution is 2.26. The number of hydrogen-bond acceptors (Lipinski definition) is 3. The molecule has 1 aromatic rings. The number of halogens is 3. The summed E-state index contributed by atoms with van der Waals surface area (Å²) in [5.41, 5.74) is 5.76. The van der Waals surface area contributed by atoms with Gasteiger partial charge >= 0.3 is 0 Å². The van der Waals surface area contributed by atoms with Crippen LogP contribution in [0, 0.1) is 24.5 Å². The molecule has 8 heteroatoms. The molecule has 1 aromatic carbocycles. The first-order chi connectivity index (χ1) is 9.85. The van der Waals surface area contributed by atoms with E-state index in [1.807, 2.05) is 0 Å². The molecule has 4 nitrogen and oxygen atoms in total. The summed E-state index contributed by atoms with van der Waals surface area (Å²) in [6, 6.07) is 1.33. The second kappa shape index (κ2) is 7.68. The molecule has 126 valence electrons. The number of nitrogens with one attached hydrogen (secondary N) is 1. The molecule has 1 saturated carbocycles. The van der Waals surface area contributed by atoms with Crippen LogP contribution in [0.5, 0.6) is 0 Å². The molecule has 0 bridgehead atoms. The van der Waals surface area contributed by atoms with Gasteiger partial charge in [-0.1, -0.05) is 12.8 Å². The van der Waals surface area contributed by atoms with Crippen LogP contribution in [-0.4, -0.2) is 21.0 Å². The second-order valence-corrected chi connectivity index (χ2v) is 7.22. The summed E-state index contributed by atoms with van der Waals surface area (Å²) in [5, 5.41) is 0. The number of sulfonamides is 1. The lowest BCUT2D eigenvalue weighted by Gasteiger charge is -2.31. The van der Waals surface area contributed by atoms with Crippen molar-refractivity contribution < 1.29 is 17.2 Å². The Hall–Kier alpha value is -0.760. The maximum absolute atomic E-state index is 13.8. The van der Waals surface area contributed by atoms with E-state index in [1.54, 1.807) is 0 Å². The van der Waals surface area contributed by atoms with Crippen LogP contribution in [-0.2, 0) is 10.0 Å². The van der Waals surface area contributed by atoms with Gasteiger partial charge in [-0.2, -0.15) is 0 Å². The smallest absolute Gasteiger partial charge is 0.243 e. The molecule has 0 heterocycles. The zero-order valence-electron chi connectivity index (χ0n) is 12.3. The van der Waals surface area contributed by atoms with E-state index in [9.17, 15) is 17.2 Å². The number of nitrogens with two attached hydrogens (primary N) is 1. The molecule has 0 spiro atoms. The molecule has 0 aromatic heterocycles. The summed E-state index contributed by atoms with van der Waals surface area (Å²) in [5.74, 6) is -1.78.